The van der Waals surface area contributed by atoms with Crippen LogP contribution in [0.4, 0.5) is 5.69 Å². The number of benzene rings is 3. The Morgan fingerprint density at radius 2 is 1.54 bits per heavy atom. The molecular weight excluding hydrogens is 366 g/mol. The first-order valence-corrected chi connectivity index (χ1v) is 8.34. The van der Waals surface area contributed by atoms with Crippen molar-refractivity contribution in [1.82, 2.24) is 0 Å². The summed E-state index contributed by atoms with van der Waals surface area (Å²) in [5.41, 5.74) is 2.31. The Hall–Kier alpha value is -2.59. The predicted octanol–water partition coefficient (Wildman–Crippen LogP) is 5.28. The molecule has 24 heavy (non-hydrogen) atoms. The summed E-state index contributed by atoms with van der Waals surface area (Å²) in [6, 6.07) is 24.5. The molecule has 120 valence electrons. The van der Waals surface area contributed by atoms with Crippen molar-refractivity contribution in [3.05, 3.63) is 94.5 Å². The van der Waals surface area contributed by atoms with Crippen LogP contribution in [-0.2, 0) is 6.61 Å². The molecule has 0 bridgehead atoms. The Morgan fingerprint density at radius 1 is 0.875 bits per heavy atom. The molecular formula is C20H16BrNO2. The van der Waals surface area contributed by atoms with Crippen molar-refractivity contribution in [2.45, 2.75) is 6.61 Å². The molecule has 0 heterocycles. The van der Waals surface area contributed by atoms with E-state index in [2.05, 4.69) is 21.2 Å². The number of rotatable bonds is 5. The third-order valence-corrected chi connectivity index (χ3v) is 4.00. The Bertz CT molecular complexity index is 817. The van der Waals surface area contributed by atoms with Crippen LogP contribution in [0.5, 0.6) is 5.75 Å². The zero-order valence-corrected chi connectivity index (χ0v) is 14.5. The molecule has 0 saturated carbocycles. The van der Waals surface area contributed by atoms with Crippen LogP contribution in [0.3, 0.4) is 0 Å². The Morgan fingerprint density at radius 3 is 2.29 bits per heavy atom. The van der Waals surface area contributed by atoms with E-state index in [0.717, 1.165) is 15.7 Å². The SMILES string of the molecule is O=C(Nc1ccccc1)c1ccccc1OCc1ccc(Br)cc1. The van der Waals surface area contributed by atoms with Gasteiger partial charge >= 0.3 is 0 Å². The van der Waals surface area contributed by atoms with E-state index >= 15 is 0 Å². The largest absolute Gasteiger partial charge is 0.488 e. The fourth-order valence-corrected chi connectivity index (χ4v) is 2.51. The molecule has 0 aliphatic heterocycles. The molecule has 4 heteroatoms. The molecule has 3 nitrogen and oxygen atoms in total. The highest BCUT2D eigenvalue weighted by atomic mass is 79.9. The smallest absolute Gasteiger partial charge is 0.259 e. The number of hydrogen-bond donors (Lipinski definition) is 1. The first kappa shape index (κ1) is 16.3. The summed E-state index contributed by atoms with van der Waals surface area (Å²) >= 11 is 3.41. The van der Waals surface area contributed by atoms with Crippen molar-refractivity contribution >= 4 is 27.5 Å². The zero-order valence-electron chi connectivity index (χ0n) is 12.9. The molecule has 0 aliphatic rings. The van der Waals surface area contributed by atoms with E-state index in [0.29, 0.717) is 17.9 Å². The molecule has 0 aliphatic carbocycles. The normalized spacial score (nSPS) is 10.2. The highest BCUT2D eigenvalue weighted by molar-refractivity contribution is 9.10. The summed E-state index contributed by atoms with van der Waals surface area (Å²) in [4.78, 5) is 12.5. The lowest BCUT2D eigenvalue weighted by Gasteiger charge is -2.12. The van der Waals surface area contributed by atoms with Gasteiger partial charge in [0.2, 0.25) is 0 Å². The molecule has 1 N–H and O–H groups in total. The van der Waals surface area contributed by atoms with Gasteiger partial charge in [0.05, 0.1) is 5.56 Å². The molecule has 3 rings (SSSR count). The Labute approximate surface area is 149 Å². The van der Waals surface area contributed by atoms with Crippen molar-refractivity contribution < 1.29 is 9.53 Å². The van der Waals surface area contributed by atoms with Crippen LogP contribution >= 0.6 is 15.9 Å². The van der Waals surface area contributed by atoms with Gasteiger partial charge in [-0.15, -0.1) is 0 Å². The van der Waals surface area contributed by atoms with E-state index in [1.54, 1.807) is 12.1 Å². The number of nitrogens with one attached hydrogen (secondary N) is 1. The fraction of sp³-hybridized carbons (Fsp3) is 0.0500. The molecule has 0 atom stereocenters. The van der Waals surface area contributed by atoms with E-state index < -0.39 is 0 Å². The van der Waals surface area contributed by atoms with Gasteiger partial charge in [-0.3, -0.25) is 4.79 Å². The van der Waals surface area contributed by atoms with Gasteiger partial charge in [0.25, 0.3) is 5.91 Å². The minimum absolute atomic E-state index is 0.187. The molecule has 1 amide bonds. The van der Waals surface area contributed by atoms with Crippen LogP contribution in [0, 0.1) is 0 Å². The number of anilines is 1. The van der Waals surface area contributed by atoms with Crippen molar-refractivity contribution in [2.24, 2.45) is 0 Å². The van der Waals surface area contributed by atoms with Gasteiger partial charge in [-0.25, -0.2) is 0 Å². The van der Waals surface area contributed by atoms with E-state index in [-0.39, 0.29) is 5.91 Å². The quantitative estimate of drug-likeness (QED) is 0.652. The molecule has 0 aromatic heterocycles. The van der Waals surface area contributed by atoms with Crippen molar-refractivity contribution in [1.29, 1.82) is 0 Å². The highest BCUT2D eigenvalue weighted by Gasteiger charge is 2.12. The van der Waals surface area contributed by atoms with Gasteiger partial charge in [0.15, 0.2) is 0 Å². The molecule has 0 fully saturated rings. The monoisotopic (exact) mass is 381 g/mol. The second kappa shape index (κ2) is 7.79. The first-order valence-electron chi connectivity index (χ1n) is 7.55. The van der Waals surface area contributed by atoms with Gasteiger partial charge in [-0.05, 0) is 42.0 Å². The van der Waals surface area contributed by atoms with E-state index in [1.165, 1.54) is 0 Å². The van der Waals surface area contributed by atoms with Crippen LogP contribution in [0.2, 0.25) is 0 Å². The Balaban J connectivity index is 1.72. The summed E-state index contributed by atoms with van der Waals surface area (Å²) in [6.07, 6.45) is 0. The lowest BCUT2D eigenvalue weighted by molar-refractivity contribution is 0.102. The number of carbonyl (C=O) groups is 1. The number of carbonyl (C=O) groups excluding carboxylic acids is 1. The third kappa shape index (κ3) is 4.24. The number of hydrogen-bond acceptors (Lipinski definition) is 2. The summed E-state index contributed by atoms with van der Waals surface area (Å²) in [5, 5.41) is 2.88. The predicted molar refractivity (Wildman–Crippen MR) is 99.3 cm³/mol. The number of para-hydroxylation sites is 2. The zero-order chi connectivity index (χ0) is 16.8. The second-order valence-electron chi connectivity index (χ2n) is 5.23. The summed E-state index contributed by atoms with van der Waals surface area (Å²) in [6.45, 7) is 0.406. The Kier molecular flexibility index (Phi) is 5.29. The highest BCUT2D eigenvalue weighted by Crippen LogP contribution is 2.21. The van der Waals surface area contributed by atoms with Crippen LogP contribution in [0.25, 0.3) is 0 Å². The number of halogens is 1. The third-order valence-electron chi connectivity index (χ3n) is 3.47. The van der Waals surface area contributed by atoms with Crippen LogP contribution in [0.1, 0.15) is 15.9 Å². The van der Waals surface area contributed by atoms with Crippen LogP contribution in [0.15, 0.2) is 83.3 Å². The number of amides is 1. The van der Waals surface area contributed by atoms with Crippen molar-refractivity contribution in [3.63, 3.8) is 0 Å². The van der Waals surface area contributed by atoms with Gasteiger partial charge < -0.3 is 10.1 Å². The van der Waals surface area contributed by atoms with Gasteiger partial charge in [0, 0.05) is 10.2 Å². The molecule has 3 aromatic rings. The van der Waals surface area contributed by atoms with E-state index in [4.69, 9.17) is 4.74 Å². The summed E-state index contributed by atoms with van der Waals surface area (Å²) < 4.78 is 6.87. The molecule has 0 radical (unpaired) electrons. The average molecular weight is 382 g/mol. The molecule has 3 aromatic carbocycles. The molecule has 0 unspecified atom stereocenters. The first-order chi connectivity index (χ1) is 11.7. The topological polar surface area (TPSA) is 38.3 Å². The van der Waals surface area contributed by atoms with Gasteiger partial charge in [-0.2, -0.15) is 0 Å². The maximum absolute atomic E-state index is 12.5. The van der Waals surface area contributed by atoms with Gasteiger partial charge in [-0.1, -0.05) is 58.4 Å². The van der Waals surface area contributed by atoms with E-state index in [9.17, 15) is 4.79 Å². The lowest BCUT2D eigenvalue weighted by atomic mass is 10.1. The minimum atomic E-state index is -0.187. The van der Waals surface area contributed by atoms with Crippen LogP contribution < -0.4 is 10.1 Å². The van der Waals surface area contributed by atoms with Crippen molar-refractivity contribution in [3.8, 4) is 5.75 Å². The van der Waals surface area contributed by atoms with Crippen molar-refractivity contribution in [2.75, 3.05) is 5.32 Å². The lowest BCUT2D eigenvalue weighted by Crippen LogP contribution is -2.13. The molecule has 0 spiro atoms. The number of ether oxygens (including phenoxy) is 1. The molecule has 0 saturated heterocycles. The second-order valence-corrected chi connectivity index (χ2v) is 6.15. The van der Waals surface area contributed by atoms with Gasteiger partial charge in [0.1, 0.15) is 12.4 Å². The standard InChI is InChI=1S/C20H16BrNO2/c21-16-12-10-15(11-13-16)14-24-19-9-5-4-8-18(19)20(23)22-17-6-2-1-3-7-17/h1-13H,14H2,(H,22,23). The summed E-state index contributed by atoms with van der Waals surface area (Å²) in [7, 11) is 0. The maximum atomic E-state index is 12.5. The van der Waals surface area contributed by atoms with Crippen LogP contribution in [-0.4, -0.2) is 5.91 Å². The maximum Gasteiger partial charge on any atom is 0.259 e. The minimum Gasteiger partial charge on any atom is -0.488 e. The fourth-order valence-electron chi connectivity index (χ4n) is 2.24. The summed E-state index contributed by atoms with van der Waals surface area (Å²) in [5.74, 6) is 0.376. The average Bonchev–Trinajstić information content (AvgIpc) is 2.62. The van der Waals surface area contributed by atoms with E-state index in [1.807, 2.05) is 66.7 Å².